The lowest BCUT2D eigenvalue weighted by atomic mass is 10.4. The second-order valence-corrected chi connectivity index (χ2v) is 4.02. The number of sulfonamides is 1. The van der Waals surface area contributed by atoms with Crippen molar-refractivity contribution >= 4 is 10.0 Å². The Kier molecular flexibility index (Phi) is 1.45. The number of nitrogens with zero attached hydrogens (tertiary/aromatic N) is 1. The van der Waals surface area contributed by atoms with Crippen molar-refractivity contribution in [1.82, 2.24) is 4.31 Å². The molecular formula is C6H7NO2S. The molecule has 3 nitrogen and oxygen atoms in total. The van der Waals surface area contributed by atoms with E-state index in [0.29, 0.717) is 5.70 Å². The van der Waals surface area contributed by atoms with Crippen LogP contribution in [0.5, 0.6) is 0 Å². The van der Waals surface area contributed by atoms with E-state index in [-0.39, 0.29) is 5.75 Å². The van der Waals surface area contributed by atoms with Gasteiger partial charge in [-0.05, 0) is 6.08 Å². The molecule has 0 aromatic carbocycles. The molecule has 0 aliphatic carbocycles. The Labute approximate surface area is 60.4 Å². The first kappa shape index (κ1) is 7.16. The Balaban J connectivity index is 3.04. The summed E-state index contributed by atoms with van der Waals surface area (Å²) >= 11 is 0. The van der Waals surface area contributed by atoms with Gasteiger partial charge >= 0.3 is 0 Å². The fourth-order valence-electron chi connectivity index (χ4n) is 0.724. The summed E-state index contributed by atoms with van der Waals surface area (Å²) < 4.78 is 22.9. The van der Waals surface area contributed by atoms with Crippen LogP contribution in [0.1, 0.15) is 0 Å². The lowest BCUT2D eigenvalue weighted by Gasteiger charge is -2.09. The van der Waals surface area contributed by atoms with Gasteiger partial charge in [-0.25, -0.2) is 8.42 Å². The molecule has 1 aliphatic rings. The van der Waals surface area contributed by atoms with E-state index in [1.54, 1.807) is 0 Å². The van der Waals surface area contributed by atoms with Crippen LogP contribution < -0.4 is 0 Å². The summed E-state index contributed by atoms with van der Waals surface area (Å²) in [6, 6.07) is 0. The van der Waals surface area contributed by atoms with Crippen molar-refractivity contribution in [1.29, 1.82) is 0 Å². The molecule has 0 saturated heterocycles. The fraction of sp³-hybridized carbons (Fsp3) is 0.333. The van der Waals surface area contributed by atoms with E-state index in [1.807, 2.05) is 0 Å². The minimum atomic E-state index is -3.09. The summed E-state index contributed by atoms with van der Waals surface area (Å²) in [5.41, 5.74) is 0.431. The second-order valence-electron chi connectivity index (χ2n) is 1.98. The van der Waals surface area contributed by atoms with Crippen LogP contribution in [-0.4, -0.2) is 25.5 Å². The largest absolute Gasteiger partial charge is 0.266 e. The van der Waals surface area contributed by atoms with E-state index in [1.165, 1.54) is 13.1 Å². The normalized spacial score (nSPS) is 22.0. The molecule has 54 valence electrons. The second kappa shape index (κ2) is 2.03. The first-order chi connectivity index (χ1) is 4.58. The molecule has 0 N–H and O–H groups in total. The van der Waals surface area contributed by atoms with Crippen LogP contribution in [-0.2, 0) is 10.0 Å². The van der Waals surface area contributed by atoms with Crippen molar-refractivity contribution in [2.45, 2.75) is 0 Å². The van der Waals surface area contributed by atoms with Crippen LogP contribution in [0.3, 0.4) is 0 Å². The van der Waals surface area contributed by atoms with Crippen molar-refractivity contribution in [2.75, 3.05) is 12.8 Å². The Morgan fingerprint density at radius 1 is 1.80 bits per heavy atom. The Morgan fingerprint density at radius 3 is 2.60 bits per heavy atom. The summed E-state index contributed by atoms with van der Waals surface area (Å²) in [5.74, 6) is 2.31. The van der Waals surface area contributed by atoms with Gasteiger partial charge in [0.1, 0.15) is 0 Å². The number of terminal acetylenes is 1. The van der Waals surface area contributed by atoms with Crippen LogP contribution in [0.25, 0.3) is 0 Å². The number of hydrogen-bond donors (Lipinski definition) is 0. The molecule has 0 bridgehead atoms. The molecule has 0 saturated carbocycles. The monoisotopic (exact) mass is 157 g/mol. The molecule has 0 atom stereocenters. The highest BCUT2D eigenvalue weighted by Gasteiger charge is 2.24. The third kappa shape index (κ3) is 0.888. The molecule has 1 aliphatic heterocycles. The standard InChI is InChI=1S/C6H7NO2S/c1-3-6-4-5-10(8,9)7(6)2/h1,4H,5H2,2H3. The van der Waals surface area contributed by atoms with Gasteiger partial charge in [0.25, 0.3) is 0 Å². The van der Waals surface area contributed by atoms with Gasteiger partial charge in [-0.3, -0.25) is 4.31 Å². The predicted octanol–water partition coefficient (Wildman–Crippen LogP) is -0.221. The molecule has 0 aromatic heterocycles. The molecule has 4 heteroatoms. The number of allylic oxidation sites excluding steroid dienone is 1. The maximum absolute atomic E-state index is 10.9. The summed E-state index contributed by atoms with van der Waals surface area (Å²) in [5, 5.41) is 0. The summed E-state index contributed by atoms with van der Waals surface area (Å²) in [6.07, 6.45) is 6.54. The van der Waals surface area contributed by atoms with Crippen LogP contribution in [0.2, 0.25) is 0 Å². The van der Waals surface area contributed by atoms with E-state index < -0.39 is 10.0 Å². The van der Waals surface area contributed by atoms with Gasteiger partial charge in [0.05, 0.1) is 11.4 Å². The third-order valence-electron chi connectivity index (χ3n) is 1.39. The maximum Gasteiger partial charge on any atom is 0.239 e. The lowest BCUT2D eigenvalue weighted by molar-refractivity contribution is 0.543. The highest BCUT2D eigenvalue weighted by Crippen LogP contribution is 2.15. The van der Waals surface area contributed by atoms with Crippen LogP contribution in [0.15, 0.2) is 11.8 Å². The van der Waals surface area contributed by atoms with Crippen molar-refractivity contribution in [3.05, 3.63) is 11.8 Å². The van der Waals surface area contributed by atoms with Gasteiger partial charge < -0.3 is 0 Å². The van der Waals surface area contributed by atoms with Crippen molar-refractivity contribution < 1.29 is 8.42 Å². The summed E-state index contributed by atoms with van der Waals surface area (Å²) in [7, 11) is -1.64. The fourth-order valence-corrected chi connectivity index (χ4v) is 1.74. The Bertz CT molecular complexity index is 307. The summed E-state index contributed by atoms with van der Waals surface area (Å²) in [6.45, 7) is 0. The molecule has 0 fully saturated rings. The molecule has 0 spiro atoms. The van der Waals surface area contributed by atoms with Crippen LogP contribution in [0.4, 0.5) is 0 Å². The highest BCUT2D eigenvalue weighted by molar-refractivity contribution is 7.89. The van der Waals surface area contributed by atoms with E-state index in [0.717, 1.165) is 4.31 Å². The van der Waals surface area contributed by atoms with Gasteiger partial charge in [-0.2, -0.15) is 0 Å². The average molecular weight is 157 g/mol. The van der Waals surface area contributed by atoms with Gasteiger partial charge in [0.2, 0.25) is 10.0 Å². The number of rotatable bonds is 0. The number of hydrogen-bond acceptors (Lipinski definition) is 2. The van der Waals surface area contributed by atoms with Crippen molar-refractivity contribution in [3.8, 4) is 12.3 Å². The third-order valence-corrected chi connectivity index (χ3v) is 3.01. The molecule has 0 radical (unpaired) electrons. The lowest BCUT2D eigenvalue weighted by Crippen LogP contribution is -2.21. The smallest absolute Gasteiger partial charge is 0.239 e. The topological polar surface area (TPSA) is 37.4 Å². The molecular weight excluding hydrogens is 150 g/mol. The maximum atomic E-state index is 10.9. The van der Waals surface area contributed by atoms with Gasteiger partial charge in [-0.15, -0.1) is 6.42 Å². The minimum Gasteiger partial charge on any atom is -0.266 e. The predicted molar refractivity (Wildman–Crippen MR) is 38.5 cm³/mol. The zero-order valence-electron chi connectivity index (χ0n) is 5.53. The zero-order chi connectivity index (χ0) is 7.78. The van der Waals surface area contributed by atoms with E-state index in [9.17, 15) is 8.42 Å². The van der Waals surface area contributed by atoms with Gasteiger partial charge in [0, 0.05) is 7.05 Å². The minimum absolute atomic E-state index is 0.0308. The van der Waals surface area contributed by atoms with Crippen LogP contribution in [0, 0.1) is 12.3 Å². The van der Waals surface area contributed by atoms with Crippen LogP contribution >= 0.6 is 0 Å². The molecule has 0 unspecified atom stereocenters. The Morgan fingerprint density at radius 2 is 2.40 bits per heavy atom. The van der Waals surface area contributed by atoms with E-state index in [4.69, 9.17) is 6.42 Å². The molecule has 0 amide bonds. The highest BCUT2D eigenvalue weighted by atomic mass is 32.2. The zero-order valence-corrected chi connectivity index (χ0v) is 6.35. The average Bonchev–Trinajstić information content (AvgIpc) is 2.10. The first-order valence-corrected chi connectivity index (χ1v) is 4.32. The molecule has 1 rings (SSSR count). The quantitative estimate of drug-likeness (QED) is 0.456. The first-order valence-electron chi connectivity index (χ1n) is 2.71. The molecule has 10 heavy (non-hydrogen) atoms. The molecule has 0 aromatic rings. The Hall–Kier alpha value is -0.950. The van der Waals surface area contributed by atoms with Crippen molar-refractivity contribution in [2.24, 2.45) is 0 Å². The summed E-state index contributed by atoms with van der Waals surface area (Å²) in [4.78, 5) is 0. The van der Waals surface area contributed by atoms with E-state index >= 15 is 0 Å². The SMILES string of the molecule is C#CC1=CCS(=O)(=O)N1C. The molecule has 1 heterocycles. The van der Waals surface area contributed by atoms with Gasteiger partial charge in [-0.1, -0.05) is 5.92 Å². The van der Waals surface area contributed by atoms with E-state index in [2.05, 4.69) is 5.92 Å². The van der Waals surface area contributed by atoms with Crippen molar-refractivity contribution in [3.63, 3.8) is 0 Å². The van der Waals surface area contributed by atoms with Gasteiger partial charge in [0.15, 0.2) is 0 Å².